The molecule has 0 saturated carbocycles. The van der Waals surface area contributed by atoms with Gasteiger partial charge in [-0.05, 0) is 64.8 Å². The van der Waals surface area contributed by atoms with Gasteiger partial charge in [0.05, 0.1) is 36.4 Å². The first-order valence-corrected chi connectivity index (χ1v) is 17.9. The molecule has 0 aromatic rings. The summed E-state index contributed by atoms with van der Waals surface area (Å²) in [5.41, 5.74) is -0.356. The Hall–Kier alpha value is -2.28. The van der Waals surface area contributed by atoms with Crippen molar-refractivity contribution in [2.45, 2.75) is 116 Å². The normalized spacial score (nSPS) is 32.9. The minimum atomic E-state index is -1.13. The molecule has 3 aliphatic rings. The van der Waals surface area contributed by atoms with Crippen LogP contribution in [-0.2, 0) is 19.0 Å². The molecule has 0 bridgehead atoms. The van der Waals surface area contributed by atoms with E-state index in [1.807, 2.05) is 52.8 Å². The van der Waals surface area contributed by atoms with Crippen molar-refractivity contribution >= 4 is 12.1 Å². The lowest BCUT2D eigenvalue weighted by molar-refractivity contribution is -0.151. The van der Waals surface area contributed by atoms with Crippen molar-refractivity contribution < 1.29 is 39.1 Å². The summed E-state index contributed by atoms with van der Waals surface area (Å²) in [5, 5.41) is 31.8. The number of hydrogen-bond acceptors (Lipinski definition) is 10. The molecule has 0 radical (unpaired) electrons. The van der Waals surface area contributed by atoms with Crippen LogP contribution in [0, 0.1) is 17.8 Å². The van der Waals surface area contributed by atoms with Gasteiger partial charge in [0.2, 0.25) is 0 Å². The number of likely N-dealkylation sites (N-methyl/N-ethyl adjacent to an activating group) is 1. The number of aliphatic hydroxyl groups is 3. The molecular formula is C37H63N3O8. The fourth-order valence-electron chi connectivity index (χ4n) is 6.49. The van der Waals surface area contributed by atoms with Crippen LogP contribution >= 0.6 is 0 Å². The monoisotopic (exact) mass is 677 g/mol. The van der Waals surface area contributed by atoms with Crippen LogP contribution in [0.2, 0.25) is 0 Å². The fraction of sp³-hybridized carbons (Fsp3) is 0.784. The van der Waals surface area contributed by atoms with E-state index in [0.29, 0.717) is 38.8 Å². The molecule has 0 aromatic carbocycles. The van der Waals surface area contributed by atoms with Gasteiger partial charge >= 0.3 is 12.1 Å². The van der Waals surface area contributed by atoms with Crippen molar-refractivity contribution in [1.82, 2.24) is 14.7 Å². The highest BCUT2D eigenvalue weighted by atomic mass is 16.6. The van der Waals surface area contributed by atoms with E-state index in [4.69, 9.17) is 14.2 Å². The number of piperazine rings is 1. The second kappa shape index (κ2) is 18.6. The number of ether oxygens (including phenoxy) is 3. The third kappa shape index (κ3) is 12.9. The molecule has 1 amide bonds. The smallest absolute Gasteiger partial charge is 0.410 e. The van der Waals surface area contributed by atoms with E-state index in [0.717, 1.165) is 31.8 Å². The summed E-state index contributed by atoms with van der Waals surface area (Å²) in [6.45, 7) is 16.2. The largest absolute Gasteiger partial charge is 0.457 e. The van der Waals surface area contributed by atoms with Crippen molar-refractivity contribution in [3.8, 4) is 0 Å². The standard InChI is InChI=1S/C37H63N3O8/c1-9-30(42)28(5)35-32(46-35)24-37(6,45)16-10-11-26(3)34-27(4)13-15-31(25(2)12-14-29(41)23-33(43)48-34)47-36(44)40-21-19-39(20-22-40)18-17-38(7)8/h10-11,13,15-16,25,27-32,34-35,41-42,45H,9,12,14,17-24H2,1-8H3/b15-13+,16-10+,26-11+. The first-order valence-electron chi connectivity index (χ1n) is 17.9. The van der Waals surface area contributed by atoms with Gasteiger partial charge in [-0.2, -0.15) is 0 Å². The highest BCUT2D eigenvalue weighted by Gasteiger charge is 2.47. The van der Waals surface area contributed by atoms with Crippen molar-refractivity contribution in [2.24, 2.45) is 17.8 Å². The highest BCUT2D eigenvalue weighted by molar-refractivity contribution is 5.70. The summed E-state index contributed by atoms with van der Waals surface area (Å²) in [7, 11) is 4.11. The third-order valence-electron chi connectivity index (χ3n) is 10.0. The van der Waals surface area contributed by atoms with Crippen LogP contribution in [0.15, 0.2) is 36.0 Å². The number of nitrogens with zero attached hydrogens (tertiary/aromatic N) is 3. The van der Waals surface area contributed by atoms with Crippen molar-refractivity contribution in [2.75, 3.05) is 53.4 Å². The van der Waals surface area contributed by atoms with Crippen LogP contribution in [0.5, 0.6) is 0 Å². The summed E-state index contributed by atoms with van der Waals surface area (Å²) in [6, 6.07) is 0. The molecule has 0 aliphatic carbocycles. The van der Waals surface area contributed by atoms with Gasteiger partial charge < -0.3 is 39.3 Å². The molecule has 3 rings (SSSR count). The van der Waals surface area contributed by atoms with Gasteiger partial charge in [-0.3, -0.25) is 9.69 Å². The van der Waals surface area contributed by atoms with Crippen LogP contribution in [0.25, 0.3) is 0 Å². The number of epoxide rings is 1. The van der Waals surface area contributed by atoms with E-state index in [-0.39, 0.29) is 42.5 Å². The molecule has 274 valence electrons. The summed E-state index contributed by atoms with van der Waals surface area (Å²) in [6.07, 6.45) is 8.13. The Bertz CT molecular complexity index is 1120. The van der Waals surface area contributed by atoms with E-state index >= 15 is 0 Å². The number of aliphatic hydroxyl groups excluding tert-OH is 2. The number of allylic oxidation sites excluding steroid dienone is 2. The predicted molar refractivity (Wildman–Crippen MR) is 186 cm³/mol. The predicted octanol–water partition coefficient (Wildman–Crippen LogP) is 3.77. The summed E-state index contributed by atoms with van der Waals surface area (Å²) >= 11 is 0. The van der Waals surface area contributed by atoms with Crippen LogP contribution in [-0.4, -0.2) is 138 Å². The van der Waals surface area contributed by atoms with Gasteiger partial charge in [0, 0.05) is 57.5 Å². The first-order chi connectivity index (χ1) is 22.6. The molecule has 3 aliphatic heterocycles. The second-order valence-electron chi connectivity index (χ2n) is 14.9. The third-order valence-corrected chi connectivity index (χ3v) is 10.0. The van der Waals surface area contributed by atoms with E-state index in [1.165, 1.54) is 0 Å². The average Bonchev–Trinajstić information content (AvgIpc) is 3.79. The molecule has 2 fully saturated rings. The number of rotatable bonds is 12. The number of cyclic esters (lactones) is 1. The quantitative estimate of drug-likeness (QED) is 0.121. The lowest BCUT2D eigenvalue weighted by Crippen LogP contribution is -2.50. The van der Waals surface area contributed by atoms with Gasteiger partial charge in [-0.1, -0.05) is 52.0 Å². The molecule has 10 unspecified atom stereocenters. The Labute approximate surface area is 288 Å². The van der Waals surface area contributed by atoms with Crippen LogP contribution in [0.3, 0.4) is 0 Å². The lowest BCUT2D eigenvalue weighted by Gasteiger charge is -2.35. The van der Waals surface area contributed by atoms with E-state index in [1.54, 1.807) is 24.0 Å². The molecular weight excluding hydrogens is 614 g/mol. The Balaban J connectivity index is 1.67. The van der Waals surface area contributed by atoms with Crippen LogP contribution in [0.4, 0.5) is 4.79 Å². The Morgan fingerprint density at radius 2 is 1.88 bits per heavy atom. The Morgan fingerprint density at radius 3 is 2.52 bits per heavy atom. The first kappa shape index (κ1) is 40.2. The van der Waals surface area contributed by atoms with Gasteiger partial charge in [-0.25, -0.2) is 4.79 Å². The number of amides is 1. The molecule has 0 aromatic heterocycles. The molecule has 11 nitrogen and oxygen atoms in total. The topological polar surface area (TPSA) is 136 Å². The number of esters is 1. The van der Waals surface area contributed by atoms with Gasteiger partial charge in [-0.15, -0.1) is 0 Å². The fourth-order valence-corrected chi connectivity index (χ4v) is 6.49. The summed E-state index contributed by atoms with van der Waals surface area (Å²) < 4.78 is 17.7. The van der Waals surface area contributed by atoms with Gasteiger partial charge in [0.25, 0.3) is 0 Å². The molecule has 3 heterocycles. The number of hydrogen-bond donors (Lipinski definition) is 3. The molecule has 2 saturated heterocycles. The minimum Gasteiger partial charge on any atom is -0.457 e. The van der Waals surface area contributed by atoms with Crippen molar-refractivity contribution in [1.29, 1.82) is 0 Å². The molecule has 10 atom stereocenters. The summed E-state index contributed by atoms with van der Waals surface area (Å²) in [5.74, 6) is -0.785. The molecule has 3 N–H and O–H groups in total. The SMILES string of the molecule is CCC(O)C(C)C1OC1CC(C)(O)/C=C/C=C(\C)C1OC(=O)CC(O)CCC(C)C(OC(=O)N2CCN(CCN(C)C)CC2)/C=C/C1C. The van der Waals surface area contributed by atoms with Gasteiger partial charge in [0.1, 0.15) is 12.2 Å². The number of carbonyl (C=O) groups is 2. The maximum absolute atomic E-state index is 13.3. The van der Waals surface area contributed by atoms with E-state index in [2.05, 4.69) is 23.9 Å². The van der Waals surface area contributed by atoms with Crippen LogP contribution in [0.1, 0.15) is 73.6 Å². The highest BCUT2D eigenvalue weighted by Crippen LogP contribution is 2.37. The Kier molecular flexibility index (Phi) is 15.6. The second-order valence-corrected chi connectivity index (χ2v) is 14.9. The summed E-state index contributed by atoms with van der Waals surface area (Å²) in [4.78, 5) is 32.4. The maximum atomic E-state index is 13.3. The zero-order valence-electron chi connectivity index (χ0n) is 30.6. The lowest BCUT2D eigenvalue weighted by atomic mass is 9.91. The zero-order chi connectivity index (χ0) is 35.6. The van der Waals surface area contributed by atoms with Crippen molar-refractivity contribution in [3.63, 3.8) is 0 Å². The van der Waals surface area contributed by atoms with E-state index in [9.17, 15) is 24.9 Å². The minimum absolute atomic E-state index is 0.00523. The maximum Gasteiger partial charge on any atom is 0.410 e. The zero-order valence-corrected chi connectivity index (χ0v) is 30.6. The van der Waals surface area contributed by atoms with Gasteiger partial charge in [0.15, 0.2) is 0 Å². The Morgan fingerprint density at radius 1 is 1.19 bits per heavy atom. The van der Waals surface area contributed by atoms with Crippen LogP contribution < -0.4 is 0 Å². The molecule has 0 spiro atoms. The van der Waals surface area contributed by atoms with E-state index < -0.39 is 36.0 Å². The number of carbonyl (C=O) groups excluding carboxylic acids is 2. The molecule has 11 heteroatoms. The van der Waals surface area contributed by atoms with Crippen molar-refractivity contribution in [3.05, 3.63) is 36.0 Å². The average molecular weight is 678 g/mol. The molecule has 48 heavy (non-hydrogen) atoms.